The molecule has 0 amide bonds. The minimum absolute atomic E-state index is 0.342. The molecule has 0 radical (unpaired) electrons. The Morgan fingerprint density at radius 2 is 1.68 bits per heavy atom. The van der Waals surface area contributed by atoms with Crippen LogP contribution in [-0.2, 0) is 13.1 Å². The minimum Gasteiger partial charge on any atom is -0.508 e. The lowest BCUT2D eigenvalue weighted by molar-refractivity contribution is 0.464. The van der Waals surface area contributed by atoms with Gasteiger partial charge >= 0.3 is 0 Å². The Hall–Kier alpha value is -2.26. The molecule has 0 saturated carbocycles. The number of aromatic nitrogens is 1. The normalized spacial score (nSPS) is 10.9. The molecular weight excluding hydrogens is 236 g/mol. The Kier molecular flexibility index (Phi) is 3.21. The molecule has 3 N–H and O–H groups in total. The number of fused-ring (bicyclic) bond motifs is 1. The van der Waals surface area contributed by atoms with Crippen molar-refractivity contribution in [1.29, 1.82) is 0 Å². The standard InChI is InChI=1S/C16H16N2O/c19-16-7-2-1-4-13(16)11-17-10-12-5-3-6-15-14(12)8-9-18-15/h1-9,17-19H,10-11H2. The van der Waals surface area contributed by atoms with Gasteiger partial charge in [0.2, 0.25) is 0 Å². The van der Waals surface area contributed by atoms with Crippen molar-refractivity contribution in [2.45, 2.75) is 13.1 Å². The monoisotopic (exact) mass is 252 g/mol. The number of hydrogen-bond acceptors (Lipinski definition) is 2. The van der Waals surface area contributed by atoms with E-state index in [9.17, 15) is 5.11 Å². The molecule has 0 unspecified atom stereocenters. The van der Waals surface area contributed by atoms with Gasteiger partial charge in [0.15, 0.2) is 0 Å². The molecule has 3 aromatic rings. The largest absolute Gasteiger partial charge is 0.508 e. The molecule has 1 aromatic heterocycles. The molecule has 3 rings (SSSR count). The highest BCUT2D eigenvalue weighted by Crippen LogP contribution is 2.18. The average molecular weight is 252 g/mol. The van der Waals surface area contributed by atoms with Gasteiger partial charge in [-0.05, 0) is 23.8 Å². The Morgan fingerprint density at radius 3 is 2.58 bits per heavy atom. The smallest absolute Gasteiger partial charge is 0.120 e. The first-order valence-corrected chi connectivity index (χ1v) is 6.37. The van der Waals surface area contributed by atoms with Crippen LogP contribution in [0.1, 0.15) is 11.1 Å². The fourth-order valence-corrected chi connectivity index (χ4v) is 2.30. The summed E-state index contributed by atoms with van der Waals surface area (Å²) in [5, 5.41) is 14.3. The van der Waals surface area contributed by atoms with Gasteiger partial charge in [0.1, 0.15) is 5.75 Å². The highest BCUT2D eigenvalue weighted by molar-refractivity contribution is 5.82. The zero-order chi connectivity index (χ0) is 13.1. The van der Waals surface area contributed by atoms with Gasteiger partial charge in [-0.2, -0.15) is 0 Å². The molecular formula is C16H16N2O. The zero-order valence-corrected chi connectivity index (χ0v) is 10.6. The first-order valence-electron chi connectivity index (χ1n) is 6.37. The highest BCUT2D eigenvalue weighted by Gasteiger charge is 2.02. The van der Waals surface area contributed by atoms with Crippen LogP contribution in [-0.4, -0.2) is 10.1 Å². The Morgan fingerprint density at radius 1 is 0.895 bits per heavy atom. The summed E-state index contributed by atoms with van der Waals surface area (Å²) in [6.45, 7) is 1.44. The van der Waals surface area contributed by atoms with Crippen molar-refractivity contribution in [3.05, 3.63) is 65.9 Å². The molecule has 0 saturated heterocycles. The van der Waals surface area contributed by atoms with E-state index in [-0.39, 0.29) is 0 Å². The number of hydrogen-bond donors (Lipinski definition) is 3. The topological polar surface area (TPSA) is 48.0 Å². The number of phenolic OH excluding ortho intramolecular Hbond substituents is 1. The Bertz CT molecular complexity index is 688. The predicted octanol–water partition coefficient (Wildman–Crippen LogP) is 3.16. The van der Waals surface area contributed by atoms with Crippen molar-refractivity contribution in [2.24, 2.45) is 0 Å². The second-order valence-electron chi connectivity index (χ2n) is 4.59. The molecule has 0 spiro atoms. The van der Waals surface area contributed by atoms with Gasteiger partial charge in [0, 0.05) is 35.8 Å². The van der Waals surface area contributed by atoms with E-state index in [0.29, 0.717) is 12.3 Å². The van der Waals surface area contributed by atoms with E-state index in [1.165, 1.54) is 10.9 Å². The quantitative estimate of drug-likeness (QED) is 0.668. The molecule has 0 aliphatic carbocycles. The van der Waals surface area contributed by atoms with Crippen LogP contribution in [0.5, 0.6) is 5.75 Å². The molecule has 0 aliphatic rings. The fraction of sp³-hybridized carbons (Fsp3) is 0.125. The molecule has 0 fully saturated rings. The molecule has 19 heavy (non-hydrogen) atoms. The zero-order valence-electron chi connectivity index (χ0n) is 10.6. The minimum atomic E-state index is 0.342. The van der Waals surface area contributed by atoms with Crippen molar-refractivity contribution in [2.75, 3.05) is 0 Å². The summed E-state index contributed by atoms with van der Waals surface area (Å²) in [6, 6.07) is 15.7. The number of aromatic amines is 1. The van der Waals surface area contributed by atoms with Crippen LogP contribution in [0.2, 0.25) is 0 Å². The second kappa shape index (κ2) is 5.16. The third-order valence-corrected chi connectivity index (χ3v) is 3.31. The lowest BCUT2D eigenvalue weighted by Crippen LogP contribution is -2.12. The summed E-state index contributed by atoms with van der Waals surface area (Å²) < 4.78 is 0. The van der Waals surface area contributed by atoms with Gasteiger partial charge in [-0.15, -0.1) is 0 Å². The maximum Gasteiger partial charge on any atom is 0.120 e. The molecule has 0 bridgehead atoms. The summed E-state index contributed by atoms with van der Waals surface area (Å²) in [5.41, 5.74) is 3.33. The van der Waals surface area contributed by atoms with Crippen LogP contribution in [0.3, 0.4) is 0 Å². The van der Waals surface area contributed by atoms with Gasteiger partial charge in [-0.25, -0.2) is 0 Å². The number of rotatable bonds is 4. The second-order valence-corrected chi connectivity index (χ2v) is 4.59. The van der Waals surface area contributed by atoms with Crippen LogP contribution in [0, 0.1) is 0 Å². The average Bonchev–Trinajstić information content (AvgIpc) is 2.90. The Balaban J connectivity index is 1.70. The van der Waals surface area contributed by atoms with Crippen molar-refractivity contribution in [1.82, 2.24) is 10.3 Å². The van der Waals surface area contributed by atoms with E-state index < -0.39 is 0 Å². The molecule has 96 valence electrons. The van der Waals surface area contributed by atoms with Crippen LogP contribution >= 0.6 is 0 Å². The van der Waals surface area contributed by atoms with Gasteiger partial charge in [-0.3, -0.25) is 0 Å². The first kappa shape index (κ1) is 11.8. The van der Waals surface area contributed by atoms with E-state index in [1.54, 1.807) is 6.07 Å². The number of nitrogens with one attached hydrogen (secondary N) is 2. The lowest BCUT2D eigenvalue weighted by atomic mass is 10.1. The SMILES string of the molecule is Oc1ccccc1CNCc1cccc2[nH]ccc12. The number of benzene rings is 2. The molecule has 1 heterocycles. The summed E-state index contributed by atoms with van der Waals surface area (Å²) in [7, 11) is 0. The van der Waals surface area contributed by atoms with Crippen molar-refractivity contribution in [3.63, 3.8) is 0 Å². The molecule has 0 aliphatic heterocycles. The summed E-state index contributed by atoms with van der Waals surface area (Å²) in [5.74, 6) is 0.342. The molecule has 3 nitrogen and oxygen atoms in total. The number of para-hydroxylation sites is 1. The van der Waals surface area contributed by atoms with Gasteiger partial charge in [-0.1, -0.05) is 30.3 Å². The Labute approximate surface area is 111 Å². The highest BCUT2D eigenvalue weighted by atomic mass is 16.3. The number of phenols is 1. The van der Waals surface area contributed by atoms with Gasteiger partial charge in [0.05, 0.1) is 0 Å². The maximum atomic E-state index is 9.70. The third kappa shape index (κ3) is 2.46. The van der Waals surface area contributed by atoms with Gasteiger partial charge in [0.25, 0.3) is 0 Å². The predicted molar refractivity (Wildman–Crippen MR) is 76.9 cm³/mol. The van der Waals surface area contributed by atoms with E-state index >= 15 is 0 Å². The third-order valence-electron chi connectivity index (χ3n) is 3.31. The van der Waals surface area contributed by atoms with Crippen molar-refractivity contribution in [3.8, 4) is 5.75 Å². The van der Waals surface area contributed by atoms with Crippen LogP contribution in [0.4, 0.5) is 0 Å². The summed E-state index contributed by atoms with van der Waals surface area (Å²) in [4.78, 5) is 3.21. The van der Waals surface area contributed by atoms with E-state index in [2.05, 4.69) is 34.6 Å². The molecule has 2 aromatic carbocycles. The first-order chi connectivity index (χ1) is 9.34. The van der Waals surface area contributed by atoms with Crippen molar-refractivity contribution < 1.29 is 5.11 Å². The van der Waals surface area contributed by atoms with Crippen molar-refractivity contribution >= 4 is 10.9 Å². The van der Waals surface area contributed by atoms with E-state index in [0.717, 1.165) is 17.6 Å². The van der Waals surface area contributed by atoms with E-state index in [4.69, 9.17) is 0 Å². The summed E-state index contributed by atoms with van der Waals surface area (Å²) in [6.07, 6.45) is 1.96. The number of H-pyrrole nitrogens is 1. The number of aromatic hydroxyl groups is 1. The maximum absolute atomic E-state index is 9.70. The molecule has 3 heteroatoms. The molecule has 0 atom stereocenters. The van der Waals surface area contributed by atoms with Gasteiger partial charge < -0.3 is 15.4 Å². The fourth-order valence-electron chi connectivity index (χ4n) is 2.30. The van der Waals surface area contributed by atoms with Crippen LogP contribution < -0.4 is 5.32 Å². The summed E-state index contributed by atoms with van der Waals surface area (Å²) >= 11 is 0. The van der Waals surface area contributed by atoms with Crippen LogP contribution in [0.15, 0.2) is 54.7 Å². The van der Waals surface area contributed by atoms with Crippen LogP contribution in [0.25, 0.3) is 10.9 Å². The van der Waals surface area contributed by atoms with E-state index in [1.807, 2.05) is 24.4 Å². The lowest BCUT2D eigenvalue weighted by Gasteiger charge is -2.07.